The molecule has 3 rings (SSSR count). The lowest BCUT2D eigenvalue weighted by atomic mass is 9.85. The summed E-state index contributed by atoms with van der Waals surface area (Å²) in [7, 11) is 0. The predicted molar refractivity (Wildman–Crippen MR) is 101 cm³/mol. The maximum absolute atomic E-state index is 12.7. The van der Waals surface area contributed by atoms with Gasteiger partial charge in [-0.2, -0.15) is 0 Å². The van der Waals surface area contributed by atoms with Crippen molar-refractivity contribution in [3.8, 4) is 0 Å². The average Bonchev–Trinajstić information content (AvgIpc) is 3.07. The second kappa shape index (κ2) is 7.60. The van der Waals surface area contributed by atoms with Crippen LogP contribution in [0.4, 0.5) is 0 Å². The maximum atomic E-state index is 12.7. The first-order valence-electron chi connectivity index (χ1n) is 8.80. The number of thiophene rings is 1. The van der Waals surface area contributed by atoms with Crippen molar-refractivity contribution in [1.82, 2.24) is 10.4 Å². The van der Waals surface area contributed by atoms with Gasteiger partial charge in [0.25, 0.3) is 5.91 Å². The predicted octanol–water partition coefficient (Wildman–Crippen LogP) is 3.51. The van der Waals surface area contributed by atoms with Crippen LogP contribution in [-0.2, 0) is 23.2 Å². The number of nitrogens with zero attached hydrogens (tertiary/aromatic N) is 1. The molecule has 0 saturated carbocycles. The van der Waals surface area contributed by atoms with Crippen LogP contribution in [0.5, 0.6) is 0 Å². The van der Waals surface area contributed by atoms with Crippen molar-refractivity contribution in [2.24, 2.45) is 0 Å². The fourth-order valence-electron chi connectivity index (χ4n) is 3.52. The first-order valence-corrected chi connectivity index (χ1v) is 9.61. The van der Waals surface area contributed by atoms with Crippen molar-refractivity contribution < 1.29 is 14.8 Å². The summed E-state index contributed by atoms with van der Waals surface area (Å²) in [6.07, 6.45) is 2.25. The SMILES string of the molecule is CC1(C)CN(C(=O)CCCc2ccccc2)Cc2cc(C(=O)NO)sc21. The van der Waals surface area contributed by atoms with Crippen LogP contribution in [0.15, 0.2) is 36.4 Å². The number of hydrogen-bond donors (Lipinski definition) is 2. The molecule has 26 heavy (non-hydrogen) atoms. The van der Waals surface area contributed by atoms with Crippen molar-refractivity contribution in [3.05, 3.63) is 57.3 Å². The van der Waals surface area contributed by atoms with E-state index in [0.717, 1.165) is 23.3 Å². The van der Waals surface area contributed by atoms with E-state index in [1.807, 2.05) is 23.1 Å². The molecule has 0 fully saturated rings. The molecule has 1 aliphatic rings. The van der Waals surface area contributed by atoms with E-state index in [1.165, 1.54) is 16.9 Å². The largest absolute Gasteiger partial charge is 0.337 e. The van der Waals surface area contributed by atoms with Gasteiger partial charge in [0.1, 0.15) is 0 Å². The van der Waals surface area contributed by atoms with Crippen LogP contribution in [0.25, 0.3) is 0 Å². The molecule has 0 unspecified atom stereocenters. The zero-order valence-electron chi connectivity index (χ0n) is 15.1. The molecule has 0 atom stereocenters. The van der Waals surface area contributed by atoms with E-state index in [2.05, 4.69) is 26.0 Å². The van der Waals surface area contributed by atoms with Crippen molar-refractivity contribution in [2.75, 3.05) is 6.54 Å². The van der Waals surface area contributed by atoms with E-state index in [9.17, 15) is 9.59 Å². The van der Waals surface area contributed by atoms with E-state index >= 15 is 0 Å². The Bertz CT molecular complexity index is 799. The van der Waals surface area contributed by atoms with Crippen LogP contribution in [0.1, 0.15) is 52.4 Å². The zero-order chi connectivity index (χ0) is 18.7. The monoisotopic (exact) mass is 372 g/mol. The minimum Gasteiger partial charge on any atom is -0.337 e. The lowest BCUT2D eigenvalue weighted by Crippen LogP contribution is -2.44. The number of fused-ring (bicyclic) bond motifs is 1. The molecule has 2 aromatic rings. The molecule has 5 nitrogen and oxygen atoms in total. The van der Waals surface area contributed by atoms with E-state index < -0.39 is 5.91 Å². The third-order valence-corrected chi connectivity index (χ3v) is 6.29. The Balaban J connectivity index is 1.65. The fraction of sp³-hybridized carbons (Fsp3) is 0.400. The highest BCUT2D eigenvalue weighted by molar-refractivity contribution is 7.14. The van der Waals surface area contributed by atoms with Crippen LogP contribution < -0.4 is 5.48 Å². The molecule has 138 valence electrons. The summed E-state index contributed by atoms with van der Waals surface area (Å²) in [5.41, 5.74) is 3.73. The number of hydroxylamine groups is 1. The van der Waals surface area contributed by atoms with E-state index in [1.54, 1.807) is 11.5 Å². The molecule has 2 heterocycles. The van der Waals surface area contributed by atoms with Gasteiger partial charge >= 0.3 is 0 Å². The number of rotatable bonds is 5. The molecule has 0 saturated heterocycles. The Hall–Kier alpha value is -2.18. The highest BCUT2D eigenvalue weighted by Crippen LogP contribution is 2.39. The average molecular weight is 372 g/mol. The minimum atomic E-state index is -0.499. The summed E-state index contributed by atoms with van der Waals surface area (Å²) < 4.78 is 0. The first kappa shape index (κ1) is 18.6. The van der Waals surface area contributed by atoms with E-state index in [-0.39, 0.29) is 11.3 Å². The van der Waals surface area contributed by atoms with Gasteiger partial charge in [-0.1, -0.05) is 44.2 Å². The smallest absolute Gasteiger partial charge is 0.284 e. The van der Waals surface area contributed by atoms with Gasteiger partial charge in [-0.3, -0.25) is 14.8 Å². The van der Waals surface area contributed by atoms with Crippen molar-refractivity contribution in [1.29, 1.82) is 0 Å². The van der Waals surface area contributed by atoms with Gasteiger partial charge in [0, 0.05) is 29.8 Å². The van der Waals surface area contributed by atoms with Crippen molar-refractivity contribution >= 4 is 23.2 Å². The lowest BCUT2D eigenvalue weighted by molar-refractivity contribution is -0.133. The number of carbonyl (C=O) groups excluding carboxylic acids is 2. The zero-order valence-corrected chi connectivity index (χ0v) is 15.9. The highest BCUT2D eigenvalue weighted by atomic mass is 32.1. The number of amides is 2. The Kier molecular flexibility index (Phi) is 5.44. The Morgan fingerprint density at radius 1 is 1.27 bits per heavy atom. The number of nitrogens with one attached hydrogen (secondary N) is 1. The number of aryl methyl sites for hydroxylation is 1. The highest BCUT2D eigenvalue weighted by Gasteiger charge is 2.36. The Morgan fingerprint density at radius 3 is 2.69 bits per heavy atom. The number of carbonyl (C=O) groups is 2. The number of benzene rings is 1. The van der Waals surface area contributed by atoms with Crippen molar-refractivity contribution in [3.63, 3.8) is 0 Å². The van der Waals surface area contributed by atoms with Gasteiger partial charge in [-0.05, 0) is 30.0 Å². The summed E-state index contributed by atoms with van der Waals surface area (Å²) >= 11 is 1.39. The lowest BCUT2D eigenvalue weighted by Gasteiger charge is -2.38. The summed E-state index contributed by atoms with van der Waals surface area (Å²) in [6.45, 7) is 5.35. The Morgan fingerprint density at radius 2 is 2.00 bits per heavy atom. The molecule has 1 aliphatic heterocycles. The van der Waals surface area contributed by atoms with Crippen molar-refractivity contribution in [2.45, 2.75) is 45.1 Å². The van der Waals surface area contributed by atoms with Gasteiger partial charge in [-0.25, -0.2) is 5.48 Å². The van der Waals surface area contributed by atoms with Gasteiger partial charge in [0.2, 0.25) is 5.91 Å². The summed E-state index contributed by atoms with van der Waals surface area (Å²) in [6, 6.07) is 12.0. The molecule has 1 aromatic heterocycles. The molecule has 2 N–H and O–H groups in total. The van der Waals surface area contributed by atoms with E-state index in [0.29, 0.717) is 24.4 Å². The second-order valence-corrected chi connectivity index (χ2v) is 8.43. The van der Waals surface area contributed by atoms with E-state index in [4.69, 9.17) is 5.21 Å². The minimum absolute atomic E-state index is 0.152. The topological polar surface area (TPSA) is 69.6 Å². The van der Waals surface area contributed by atoms with Crippen LogP contribution in [0, 0.1) is 0 Å². The van der Waals surface area contributed by atoms with Gasteiger partial charge in [0.15, 0.2) is 0 Å². The summed E-state index contributed by atoms with van der Waals surface area (Å²) in [5, 5.41) is 8.85. The van der Waals surface area contributed by atoms with Gasteiger partial charge in [0.05, 0.1) is 4.88 Å². The first-order chi connectivity index (χ1) is 12.4. The van der Waals surface area contributed by atoms with Gasteiger partial charge in [-0.15, -0.1) is 11.3 Å². The molecular formula is C20H24N2O3S. The molecule has 2 amide bonds. The van der Waals surface area contributed by atoms with Crippen LogP contribution in [-0.4, -0.2) is 28.5 Å². The normalized spacial score (nSPS) is 15.4. The molecule has 1 aromatic carbocycles. The van der Waals surface area contributed by atoms with Gasteiger partial charge < -0.3 is 4.90 Å². The molecule has 0 bridgehead atoms. The number of hydrogen-bond acceptors (Lipinski definition) is 4. The maximum Gasteiger partial charge on any atom is 0.284 e. The molecular weight excluding hydrogens is 348 g/mol. The Labute approximate surface area is 157 Å². The third-order valence-electron chi connectivity index (χ3n) is 4.75. The fourth-order valence-corrected chi connectivity index (χ4v) is 4.67. The van der Waals surface area contributed by atoms with Crippen LogP contribution >= 0.6 is 11.3 Å². The quantitative estimate of drug-likeness (QED) is 0.623. The molecule has 0 radical (unpaired) electrons. The second-order valence-electron chi connectivity index (χ2n) is 7.38. The molecule has 0 spiro atoms. The molecule has 6 heteroatoms. The summed E-state index contributed by atoms with van der Waals surface area (Å²) in [5.74, 6) is -0.347. The summed E-state index contributed by atoms with van der Waals surface area (Å²) in [4.78, 5) is 27.9. The van der Waals surface area contributed by atoms with Crippen LogP contribution in [0.2, 0.25) is 0 Å². The third kappa shape index (κ3) is 3.97. The standard InChI is InChI=1S/C20H24N2O3S/c1-20(2)13-22(12-15-11-16(19(24)21-25)26-18(15)20)17(23)10-6-9-14-7-4-3-5-8-14/h3-5,7-8,11,25H,6,9-10,12-13H2,1-2H3,(H,21,24). The molecule has 0 aliphatic carbocycles. The van der Waals surface area contributed by atoms with Crippen LogP contribution in [0.3, 0.4) is 0 Å².